The predicted octanol–water partition coefficient (Wildman–Crippen LogP) is 8.41. The van der Waals surface area contributed by atoms with E-state index >= 15 is 0 Å². The topological polar surface area (TPSA) is 81.3 Å². The highest BCUT2D eigenvalue weighted by Crippen LogP contribution is 2.34. The first kappa shape index (κ1) is 30.3. The Labute approximate surface area is 258 Å². The van der Waals surface area contributed by atoms with Gasteiger partial charge in [0.05, 0.1) is 22.8 Å². The smallest absolute Gasteiger partial charge is 0.339 e. The molecule has 4 aromatic carbocycles. The summed E-state index contributed by atoms with van der Waals surface area (Å²) in [4.78, 5) is 26.8. The number of rotatable bonds is 8. The Kier molecular flexibility index (Phi) is 8.69. The summed E-state index contributed by atoms with van der Waals surface area (Å²) < 4.78 is 13.6. The maximum absolute atomic E-state index is 13.6. The lowest BCUT2D eigenvalue weighted by Crippen LogP contribution is -2.24. The molecule has 0 atom stereocenters. The van der Waals surface area contributed by atoms with Gasteiger partial charge in [0.25, 0.3) is 0 Å². The number of aryl methyl sites for hydroxylation is 2. The SMILES string of the molecule is CCn1cc(Cc2ccc(C(=O)OC(C)(C)C)cc2-c2ccc(C)cc2C(=O)OCc2ccccc2)c2ccc(C#N)cc21. The van der Waals surface area contributed by atoms with E-state index in [0.29, 0.717) is 28.7 Å². The molecule has 6 nitrogen and oxygen atoms in total. The molecule has 0 aliphatic carbocycles. The zero-order valence-electron chi connectivity index (χ0n) is 25.8. The molecular formula is C38H36N2O4. The minimum Gasteiger partial charge on any atom is -0.457 e. The third-order valence-corrected chi connectivity index (χ3v) is 7.46. The van der Waals surface area contributed by atoms with Crippen LogP contribution < -0.4 is 0 Å². The highest BCUT2D eigenvalue weighted by Gasteiger charge is 2.23. The summed E-state index contributed by atoms with van der Waals surface area (Å²) in [7, 11) is 0. The summed E-state index contributed by atoms with van der Waals surface area (Å²) >= 11 is 0. The molecule has 0 bridgehead atoms. The van der Waals surface area contributed by atoms with Crippen molar-refractivity contribution in [1.29, 1.82) is 5.26 Å². The molecule has 5 aromatic rings. The number of nitrogens with zero attached hydrogens (tertiary/aromatic N) is 2. The number of hydrogen-bond donors (Lipinski definition) is 0. The number of aromatic nitrogens is 1. The number of hydrogen-bond acceptors (Lipinski definition) is 5. The van der Waals surface area contributed by atoms with Crippen molar-refractivity contribution in [2.24, 2.45) is 0 Å². The van der Waals surface area contributed by atoms with Crippen LogP contribution >= 0.6 is 0 Å². The van der Waals surface area contributed by atoms with Crippen molar-refractivity contribution in [3.8, 4) is 17.2 Å². The second-order valence-corrected chi connectivity index (χ2v) is 11.9. The van der Waals surface area contributed by atoms with Gasteiger partial charge in [-0.1, -0.05) is 60.2 Å². The molecular weight excluding hydrogens is 548 g/mol. The van der Waals surface area contributed by atoms with Gasteiger partial charge in [0.2, 0.25) is 0 Å². The zero-order chi connectivity index (χ0) is 31.4. The van der Waals surface area contributed by atoms with Crippen LogP contribution in [0.3, 0.4) is 0 Å². The summed E-state index contributed by atoms with van der Waals surface area (Å²) in [6.45, 7) is 10.4. The Morgan fingerprint density at radius 2 is 1.64 bits per heavy atom. The molecule has 1 heterocycles. The molecule has 44 heavy (non-hydrogen) atoms. The van der Waals surface area contributed by atoms with Gasteiger partial charge in [-0.3, -0.25) is 0 Å². The summed E-state index contributed by atoms with van der Waals surface area (Å²) in [6, 6.07) is 28.8. The number of carbonyl (C=O) groups excluding carboxylic acids is 2. The number of carbonyl (C=O) groups is 2. The zero-order valence-corrected chi connectivity index (χ0v) is 25.8. The summed E-state index contributed by atoms with van der Waals surface area (Å²) in [5.41, 5.74) is 7.05. The van der Waals surface area contributed by atoms with Crippen LogP contribution in [0.5, 0.6) is 0 Å². The van der Waals surface area contributed by atoms with Crippen molar-refractivity contribution >= 4 is 22.8 Å². The quantitative estimate of drug-likeness (QED) is 0.171. The van der Waals surface area contributed by atoms with Crippen molar-refractivity contribution in [1.82, 2.24) is 4.57 Å². The summed E-state index contributed by atoms with van der Waals surface area (Å²) in [5.74, 6) is -0.870. The van der Waals surface area contributed by atoms with Gasteiger partial charge in [0.15, 0.2) is 0 Å². The first-order chi connectivity index (χ1) is 21.1. The maximum Gasteiger partial charge on any atom is 0.339 e. The van der Waals surface area contributed by atoms with Crippen LogP contribution in [0.15, 0.2) is 91.1 Å². The maximum atomic E-state index is 13.6. The van der Waals surface area contributed by atoms with Crippen molar-refractivity contribution in [2.75, 3.05) is 0 Å². The molecule has 0 unspecified atom stereocenters. The van der Waals surface area contributed by atoms with E-state index in [0.717, 1.165) is 45.3 Å². The van der Waals surface area contributed by atoms with Crippen molar-refractivity contribution < 1.29 is 19.1 Å². The Hall–Kier alpha value is -5.15. The first-order valence-electron chi connectivity index (χ1n) is 14.8. The third kappa shape index (κ3) is 6.74. The van der Waals surface area contributed by atoms with E-state index in [9.17, 15) is 14.9 Å². The number of ether oxygens (including phenoxy) is 2. The molecule has 0 amide bonds. The molecule has 0 aliphatic heterocycles. The van der Waals surface area contributed by atoms with E-state index < -0.39 is 17.5 Å². The Balaban J connectivity index is 1.61. The lowest BCUT2D eigenvalue weighted by atomic mass is 9.89. The van der Waals surface area contributed by atoms with Gasteiger partial charge in [-0.2, -0.15) is 5.26 Å². The van der Waals surface area contributed by atoms with Crippen molar-refractivity contribution in [3.63, 3.8) is 0 Å². The molecule has 0 aliphatic rings. The van der Waals surface area contributed by atoms with Crippen LogP contribution in [0.1, 0.15) is 76.2 Å². The predicted molar refractivity (Wildman–Crippen MR) is 172 cm³/mol. The van der Waals surface area contributed by atoms with Crippen LogP contribution in [0.25, 0.3) is 22.0 Å². The van der Waals surface area contributed by atoms with Gasteiger partial charge in [-0.15, -0.1) is 0 Å². The fraction of sp³-hybridized carbons (Fsp3) is 0.237. The lowest BCUT2D eigenvalue weighted by Gasteiger charge is -2.20. The van der Waals surface area contributed by atoms with Crippen LogP contribution in [-0.4, -0.2) is 22.1 Å². The van der Waals surface area contributed by atoms with E-state index in [4.69, 9.17) is 9.47 Å². The van der Waals surface area contributed by atoms with E-state index in [-0.39, 0.29) is 6.61 Å². The van der Waals surface area contributed by atoms with E-state index in [1.54, 1.807) is 6.07 Å². The fourth-order valence-corrected chi connectivity index (χ4v) is 5.35. The molecule has 0 N–H and O–H groups in total. The Morgan fingerprint density at radius 1 is 0.864 bits per heavy atom. The molecule has 5 rings (SSSR count). The molecule has 0 radical (unpaired) electrons. The van der Waals surface area contributed by atoms with Gasteiger partial charge in [0.1, 0.15) is 12.2 Å². The molecule has 0 saturated carbocycles. The van der Waals surface area contributed by atoms with Gasteiger partial charge >= 0.3 is 11.9 Å². The van der Waals surface area contributed by atoms with Gasteiger partial charge in [-0.25, -0.2) is 9.59 Å². The lowest BCUT2D eigenvalue weighted by molar-refractivity contribution is 0.00693. The van der Waals surface area contributed by atoms with Gasteiger partial charge in [0, 0.05) is 30.1 Å². The molecule has 6 heteroatoms. The number of nitriles is 1. The van der Waals surface area contributed by atoms with Gasteiger partial charge < -0.3 is 14.0 Å². The van der Waals surface area contributed by atoms with Crippen molar-refractivity contribution in [2.45, 2.75) is 59.8 Å². The standard InChI is InChI=1S/C38H36N2O4/c1-6-40-23-30(31-17-13-27(22-39)19-35(31)40)20-28-14-15-29(36(41)44-38(3,4)5)21-33(28)32-16-12-25(2)18-34(32)37(42)43-24-26-10-8-7-9-11-26/h7-19,21,23H,6,20,24H2,1-5H3. The summed E-state index contributed by atoms with van der Waals surface area (Å²) in [5, 5.41) is 10.5. The minimum absolute atomic E-state index is 0.152. The minimum atomic E-state index is -0.656. The van der Waals surface area contributed by atoms with Crippen LogP contribution in [-0.2, 0) is 29.0 Å². The van der Waals surface area contributed by atoms with Crippen LogP contribution in [0.4, 0.5) is 0 Å². The molecule has 0 fully saturated rings. The highest BCUT2D eigenvalue weighted by molar-refractivity contribution is 5.99. The highest BCUT2D eigenvalue weighted by atomic mass is 16.6. The van der Waals surface area contributed by atoms with E-state index in [2.05, 4.69) is 23.8 Å². The first-order valence-corrected chi connectivity index (χ1v) is 14.8. The number of esters is 2. The number of benzene rings is 4. The van der Waals surface area contributed by atoms with E-state index in [1.165, 1.54) is 0 Å². The number of fused-ring (bicyclic) bond motifs is 1. The second kappa shape index (κ2) is 12.6. The van der Waals surface area contributed by atoms with Crippen LogP contribution in [0, 0.1) is 18.3 Å². The average Bonchev–Trinajstić information content (AvgIpc) is 3.36. The third-order valence-electron chi connectivity index (χ3n) is 7.46. The van der Waals surface area contributed by atoms with E-state index in [1.807, 2.05) is 107 Å². The van der Waals surface area contributed by atoms with Gasteiger partial charge in [-0.05, 0) is 92.8 Å². The molecule has 0 spiro atoms. The average molecular weight is 585 g/mol. The van der Waals surface area contributed by atoms with Crippen LogP contribution in [0.2, 0.25) is 0 Å². The van der Waals surface area contributed by atoms with Crippen molar-refractivity contribution in [3.05, 3.63) is 130 Å². The monoisotopic (exact) mass is 584 g/mol. The molecule has 0 saturated heterocycles. The Bertz CT molecular complexity index is 1890. The fourth-order valence-electron chi connectivity index (χ4n) is 5.35. The second-order valence-electron chi connectivity index (χ2n) is 11.9. The summed E-state index contributed by atoms with van der Waals surface area (Å²) in [6.07, 6.45) is 2.66. The molecule has 222 valence electrons. The normalized spacial score (nSPS) is 11.3. The Morgan fingerprint density at radius 3 is 2.34 bits per heavy atom. The largest absolute Gasteiger partial charge is 0.457 e. The molecule has 1 aromatic heterocycles.